The van der Waals surface area contributed by atoms with E-state index in [1.165, 1.54) is 6.20 Å². The highest BCUT2D eigenvalue weighted by molar-refractivity contribution is 6.05. The van der Waals surface area contributed by atoms with E-state index < -0.39 is 0 Å². The molecule has 3 aromatic rings. The zero-order valence-corrected chi connectivity index (χ0v) is 7.90. The van der Waals surface area contributed by atoms with Crippen molar-refractivity contribution in [2.45, 2.75) is 0 Å². The number of aromatic nitrogens is 2. The molecule has 0 fully saturated rings. The molecule has 0 unspecified atom stereocenters. The van der Waals surface area contributed by atoms with Crippen LogP contribution in [0.2, 0.25) is 0 Å². The summed E-state index contributed by atoms with van der Waals surface area (Å²) in [6.45, 7) is 0. The topological polar surface area (TPSA) is 45.8 Å². The lowest BCUT2D eigenvalue weighted by atomic mass is 10.1. The maximum atomic E-state index is 11.7. The molecule has 3 rings (SSSR count). The molecule has 0 bridgehead atoms. The number of rotatable bonds is 0. The summed E-state index contributed by atoms with van der Waals surface area (Å²) in [6.07, 6.45) is 1.31. The van der Waals surface area contributed by atoms with E-state index in [4.69, 9.17) is 0 Å². The molecule has 0 aliphatic carbocycles. The Morgan fingerprint density at radius 2 is 1.93 bits per heavy atom. The quantitative estimate of drug-likeness (QED) is 0.559. The molecular formula is C12H8N2O. The number of H-pyrrole nitrogens is 1. The molecule has 0 amide bonds. The maximum absolute atomic E-state index is 11.7. The van der Waals surface area contributed by atoms with Gasteiger partial charge in [0.05, 0.1) is 17.1 Å². The van der Waals surface area contributed by atoms with Crippen LogP contribution in [0.1, 0.15) is 0 Å². The fourth-order valence-corrected chi connectivity index (χ4v) is 1.86. The van der Waals surface area contributed by atoms with E-state index in [0.29, 0.717) is 5.39 Å². The fourth-order valence-electron chi connectivity index (χ4n) is 1.86. The van der Waals surface area contributed by atoms with Crippen molar-refractivity contribution < 1.29 is 0 Å². The zero-order chi connectivity index (χ0) is 10.3. The summed E-state index contributed by atoms with van der Waals surface area (Å²) < 4.78 is 0. The molecule has 15 heavy (non-hydrogen) atoms. The smallest absolute Gasteiger partial charge is 0.208 e. The van der Waals surface area contributed by atoms with Crippen molar-refractivity contribution in [2.24, 2.45) is 0 Å². The minimum absolute atomic E-state index is 0.0412. The van der Waals surface area contributed by atoms with Gasteiger partial charge in [0.25, 0.3) is 0 Å². The average Bonchev–Trinajstić information content (AvgIpc) is 2.29. The second-order valence-corrected chi connectivity index (χ2v) is 3.44. The zero-order valence-electron chi connectivity index (χ0n) is 7.90. The Bertz CT molecular complexity index is 700. The largest absolute Gasteiger partial charge is 0.287 e. The van der Waals surface area contributed by atoms with Crippen LogP contribution >= 0.6 is 0 Å². The number of nitrogens with one attached hydrogen (secondary N) is 1. The molecule has 1 heterocycles. The highest BCUT2D eigenvalue weighted by Crippen LogP contribution is 2.20. The predicted molar refractivity (Wildman–Crippen MR) is 59.9 cm³/mol. The summed E-state index contributed by atoms with van der Waals surface area (Å²) in [5, 5.41) is 9.37. The van der Waals surface area contributed by atoms with Crippen molar-refractivity contribution in [2.75, 3.05) is 0 Å². The van der Waals surface area contributed by atoms with E-state index in [2.05, 4.69) is 10.2 Å². The van der Waals surface area contributed by atoms with E-state index in [0.717, 1.165) is 16.3 Å². The van der Waals surface area contributed by atoms with Gasteiger partial charge in [-0.15, -0.1) is 0 Å². The third kappa shape index (κ3) is 1.13. The van der Waals surface area contributed by atoms with Crippen molar-refractivity contribution in [3.63, 3.8) is 0 Å². The fraction of sp³-hybridized carbons (Fsp3) is 0. The molecule has 2 aromatic carbocycles. The summed E-state index contributed by atoms with van der Waals surface area (Å²) in [6, 6.07) is 11.7. The normalized spacial score (nSPS) is 10.9. The van der Waals surface area contributed by atoms with Gasteiger partial charge in [-0.05, 0) is 16.8 Å². The van der Waals surface area contributed by atoms with Crippen LogP contribution in [-0.4, -0.2) is 10.2 Å². The summed E-state index contributed by atoms with van der Waals surface area (Å²) >= 11 is 0. The molecule has 0 saturated heterocycles. The van der Waals surface area contributed by atoms with Crippen molar-refractivity contribution >= 4 is 21.7 Å². The minimum Gasteiger partial charge on any atom is -0.287 e. The van der Waals surface area contributed by atoms with Gasteiger partial charge in [-0.3, -0.25) is 9.89 Å². The third-order valence-electron chi connectivity index (χ3n) is 2.54. The summed E-state index contributed by atoms with van der Waals surface area (Å²) in [4.78, 5) is 11.7. The van der Waals surface area contributed by atoms with Crippen LogP contribution in [0.25, 0.3) is 21.7 Å². The number of hydrogen-bond acceptors (Lipinski definition) is 2. The van der Waals surface area contributed by atoms with Gasteiger partial charge in [0.1, 0.15) is 0 Å². The number of hydrogen-bond donors (Lipinski definition) is 1. The number of fused-ring (bicyclic) bond motifs is 3. The first-order valence-electron chi connectivity index (χ1n) is 4.71. The van der Waals surface area contributed by atoms with Gasteiger partial charge in [-0.2, -0.15) is 5.10 Å². The minimum atomic E-state index is -0.0412. The van der Waals surface area contributed by atoms with Crippen LogP contribution < -0.4 is 5.43 Å². The molecule has 3 heteroatoms. The van der Waals surface area contributed by atoms with Crippen LogP contribution in [-0.2, 0) is 0 Å². The van der Waals surface area contributed by atoms with Gasteiger partial charge in [-0.25, -0.2) is 0 Å². The SMILES string of the molecule is O=c1cn[nH]c2ccc3ccccc3c12. The highest BCUT2D eigenvalue weighted by atomic mass is 16.1. The molecule has 0 radical (unpaired) electrons. The molecule has 0 saturated carbocycles. The molecule has 1 N–H and O–H groups in total. The van der Waals surface area contributed by atoms with Gasteiger partial charge in [-0.1, -0.05) is 30.3 Å². The van der Waals surface area contributed by atoms with Crippen molar-refractivity contribution in [1.29, 1.82) is 0 Å². The monoisotopic (exact) mass is 196 g/mol. The molecule has 0 spiro atoms. The van der Waals surface area contributed by atoms with Gasteiger partial charge >= 0.3 is 0 Å². The lowest BCUT2D eigenvalue weighted by Crippen LogP contribution is -2.03. The molecule has 0 atom stereocenters. The predicted octanol–water partition coefficient (Wildman–Crippen LogP) is 2.08. The Hall–Kier alpha value is -2.16. The van der Waals surface area contributed by atoms with E-state index >= 15 is 0 Å². The van der Waals surface area contributed by atoms with E-state index in [-0.39, 0.29) is 5.43 Å². The van der Waals surface area contributed by atoms with Crippen molar-refractivity contribution in [1.82, 2.24) is 10.2 Å². The average molecular weight is 196 g/mol. The summed E-state index contributed by atoms with van der Waals surface area (Å²) in [7, 11) is 0. The Morgan fingerprint density at radius 1 is 1.07 bits per heavy atom. The summed E-state index contributed by atoms with van der Waals surface area (Å²) in [5.41, 5.74) is 0.738. The first kappa shape index (κ1) is 8.17. The summed E-state index contributed by atoms with van der Waals surface area (Å²) in [5.74, 6) is 0. The Balaban J connectivity index is 2.70. The van der Waals surface area contributed by atoms with Gasteiger partial charge in [0.2, 0.25) is 5.43 Å². The Morgan fingerprint density at radius 3 is 2.87 bits per heavy atom. The van der Waals surface area contributed by atoms with Crippen LogP contribution in [0, 0.1) is 0 Å². The van der Waals surface area contributed by atoms with E-state index in [1.54, 1.807) is 0 Å². The molecule has 3 nitrogen and oxygen atoms in total. The van der Waals surface area contributed by atoms with Gasteiger partial charge in [0, 0.05) is 0 Å². The molecule has 72 valence electrons. The van der Waals surface area contributed by atoms with Crippen LogP contribution in [0.4, 0.5) is 0 Å². The number of aromatic amines is 1. The number of benzene rings is 2. The van der Waals surface area contributed by atoms with Crippen molar-refractivity contribution in [3.05, 3.63) is 52.8 Å². The Labute approximate surface area is 85.4 Å². The first-order valence-corrected chi connectivity index (χ1v) is 4.71. The highest BCUT2D eigenvalue weighted by Gasteiger charge is 2.02. The lowest BCUT2D eigenvalue weighted by Gasteiger charge is -2.01. The van der Waals surface area contributed by atoms with E-state index in [1.807, 2.05) is 36.4 Å². The molecule has 1 aromatic heterocycles. The van der Waals surface area contributed by atoms with Crippen LogP contribution in [0.5, 0.6) is 0 Å². The van der Waals surface area contributed by atoms with Gasteiger partial charge in [0.15, 0.2) is 0 Å². The van der Waals surface area contributed by atoms with Crippen LogP contribution in [0.3, 0.4) is 0 Å². The molecule has 0 aliphatic rings. The third-order valence-corrected chi connectivity index (χ3v) is 2.54. The second-order valence-electron chi connectivity index (χ2n) is 3.44. The second kappa shape index (κ2) is 2.92. The standard InChI is InChI=1S/C12H8N2O/c15-11-7-13-14-10-6-5-8-3-1-2-4-9(8)12(10)11/h1-7H,(H,14,15). The van der Waals surface area contributed by atoms with Gasteiger partial charge < -0.3 is 0 Å². The van der Waals surface area contributed by atoms with E-state index in [9.17, 15) is 4.79 Å². The maximum Gasteiger partial charge on any atom is 0.208 e. The first-order chi connectivity index (χ1) is 7.36. The molecule has 0 aliphatic heterocycles. The number of nitrogens with zero attached hydrogens (tertiary/aromatic N) is 1. The molecular weight excluding hydrogens is 188 g/mol. The lowest BCUT2D eigenvalue weighted by molar-refractivity contribution is 1.07. The van der Waals surface area contributed by atoms with Crippen molar-refractivity contribution in [3.8, 4) is 0 Å². The van der Waals surface area contributed by atoms with Crippen LogP contribution in [0.15, 0.2) is 47.4 Å². The Kier molecular flexibility index (Phi) is 1.59.